The highest BCUT2D eigenvalue weighted by Gasteiger charge is 2.25. The van der Waals surface area contributed by atoms with Gasteiger partial charge < -0.3 is 4.74 Å². The number of benzene rings is 1. The van der Waals surface area contributed by atoms with Crippen molar-refractivity contribution in [3.63, 3.8) is 0 Å². The summed E-state index contributed by atoms with van der Waals surface area (Å²) in [4.78, 5) is 25.8. The number of amidine groups is 1. The molecule has 3 rings (SSSR count). The van der Waals surface area contributed by atoms with Gasteiger partial charge in [-0.05, 0) is 49.2 Å². The zero-order valence-corrected chi connectivity index (χ0v) is 16.9. The van der Waals surface area contributed by atoms with Crippen LogP contribution in [-0.4, -0.2) is 47.9 Å². The number of thioether (sulfide) groups is 1. The third-order valence-electron chi connectivity index (χ3n) is 4.82. The van der Waals surface area contributed by atoms with Crippen LogP contribution in [-0.2, 0) is 20.9 Å². The number of piperidine rings is 1. The van der Waals surface area contributed by atoms with Crippen molar-refractivity contribution in [1.82, 2.24) is 10.2 Å². The molecule has 0 saturated carbocycles. The number of rotatable bonds is 5. The average molecular weight is 401 g/mol. The Balaban J connectivity index is 1.68. The van der Waals surface area contributed by atoms with Gasteiger partial charge in [-0.3, -0.25) is 15.0 Å². The van der Waals surface area contributed by atoms with Crippen molar-refractivity contribution in [3.8, 4) is 0 Å². The van der Waals surface area contributed by atoms with Gasteiger partial charge in [0.2, 0.25) is 0 Å². The van der Waals surface area contributed by atoms with Gasteiger partial charge in [0.25, 0.3) is 5.91 Å². The van der Waals surface area contributed by atoms with Crippen molar-refractivity contribution in [1.29, 1.82) is 0 Å². The molecule has 2 aliphatic rings. The van der Waals surface area contributed by atoms with Crippen LogP contribution < -0.4 is 5.32 Å². The molecule has 0 aromatic heterocycles. The third-order valence-corrected chi connectivity index (χ3v) is 5.72. The van der Waals surface area contributed by atoms with E-state index in [2.05, 4.69) is 38.1 Å². The number of methoxy groups -OCH3 is 1. The lowest BCUT2D eigenvalue weighted by Crippen LogP contribution is -2.36. The van der Waals surface area contributed by atoms with Crippen LogP contribution >= 0.6 is 11.8 Å². The van der Waals surface area contributed by atoms with Crippen LogP contribution in [0.3, 0.4) is 0 Å². The van der Waals surface area contributed by atoms with Gasteiger partial charge in [0, 0.05) is 18.7 Å². The molecule has 1 amide bonds. The van der Waals surface area contributed by atoms with Gasteiger partial charge in [-0.25, -0.2) is 4.79 Å². The summed E-state index contributed by atoms with van der Waals surface area (Å²) >= 11 is 1.06. The summed E-state index contributed by atoms with van der Waals surface area (Å²) in [6.07, 6.45) is 6.62. The second-order valence-electron chi connectivity index (χ2n) is 6.75. The van der Waals surface area contributed by atoms with E-state index in [1.807, 2.05) is 18.2 Å². The number of esters is 1. The Kier molecular flexibility index (Phi) is 7.00. The SMILES string of the molecule is COC(=O)/C=C1/S/C(=N\N=Cc2ccccc2CN2CCCCC2C)NC1=O. The van der Waals surface area contributed by atoms with Gasteiger partial charge in [0.1, 0.15) is 0 Å². The second kappa shape index (κ2) is 9.66. The highest BCUT2D eigenvalue weighted by molar-refractivity contribution is 8.18. The fraction of sp³-hybridized carbons (Fsp3) is 0.400. The Bertz CT molecular complexity index is 834. The number of ether oxygens (including phenoxy) is 1. The van der Waals surface area contributed by atoms with Crippen LogP contribution in [0.5, 0.6) is 0 Å². The maximum atomic E-state index is 11.8. The molecule has 1 aromatic carbocycles. The molecule has 1 N–H and O–H groups in total. The molecule has 7 nitrogen and oxygen atoms in total. The van der Waals surface area contributed by atoms with Crippen LogP contribution in [0.4, 0.5) is 0 Å². The van der Waals surface area contributed by atoms with Gasteiger partial charge in [-0.1, -0.05) is 30.7 Å². The van der Waals surface area contributed by atoms with Crippen molar-refractivity contribution in [2.75, 3.05) is 13.7 Å². The Hall–Kier alpha value is -2.45. The first-order valence-electron chi connectivity index (χ1n) is 9.28. The molecule has 2 fully saturated rings. The van der Waals surface area contributed by atoms with E-state index in [9.17, 15) is 9.59 Å². The maximum Gasteiger partial charge on any atom is 0.331 e. The van der Waals surface area contributed by atoms with E-state index in [4.69, 9.17) is 0 Å². The molecule has 0 bridgehead atoms. The lowest BCUT2D eigenvalue weighted by atomic mass is 10.0. The molecule has 0 aliphatic carbocycles. The minimum absolute atomic E-state index is 0.236. The van der Waals surface area contributed by atoms with E-state index in [0.717, 1.165) is 36.5 Å². The standard InChI is InChI=1S/C20H24N4O3S/c1-14-7-5-6-10-24(14)13-16-9-4-3-8-15(16)12-21-23-20-22-19(26)17(28-20)11-18(25)27-2/h3-4,8-9,11-12,14H,5-7,10,13H2,1-2H3,(H,22,23,26)/b17-11+,21-12?. The number of hydrogen-bond acceptors (Lipinski definition) is 7. The monoisotopic (exact) mass is 400 g/mol. The first kappa shape index (κ1) is 20.3. The minimum Gasteiger partial charge on any atom is -0.466 e. The summed E-state index contributed by atoms with van der Waals surface area (Å²) in [5, 5.41) is 11.1. The largest absolute Gasteiger partial charge is 0.466 e. The minimum atomic E-state index is -0.580. The second-order valence-corrected chi connectivity index (χ2v) is 7.78. The molecule has 0 radical (unpaired) electrons. The summed E-state index contributed by atoms with van der Waals surface area (Å²) in [6.45, 7) is 4.28. The maximum absolute atomic E-state index is 11.8. The van der Waals surface area contributed by atoms with E-state index in [1.54, 1.807) is 6.21 Å². The van der Waals surface area contributed by atoms with Crippen molar-refractivity contribution in [2.45, 2.75) is 38.8 Å². The fourth-order valence-corrected chi connectivity index (χ4v) is 3.94. The fourth-order valence-electron chi connectivity index (χ4n) is 3.20. The smallest absolute Gasteiger partial charge is 0.331 e. The molecule has 2 saturated heterocycles. The number of carbonyl (C=O) groups excluding carboxylic acids is 2. The van der Waals surface area contributed by atoms with Gasteiger partial charge >= 0.3 is 5.97 Å². The van der Waals surface area contributed by atoms with Crippen LogP contribution in [0.15, 0.2) is 45.4 Å². The van der Waals surface area contributed by atoms with Gasteiger partial charge in [-0.15, -0.1) is 5.10 Å². The molecule has 1 atom stereocenters. The number of amides is 1. The molecular weight excluding hydrogens is 376 g/mol. The van der Waals surface area contributed by atoms with Gasteiger partial charge in [-0.2, -0.15) is 5.10 Å². The predicted octanol–water partition coefficient (Wildman–Crippen LogP) is 2.67. The van der Waals surface area contributed by atoms with E-state index < -0.39 is 5.97 Å². The Morgan fingerprint density at radius 1 is 1.39 bits per heavy atom. The van der Waals surface area contributed by atoms with Crippen LogP contribution in [0.1, 0.15) is 37.3 Å². The number of nitrogens with one attached hydrogen (secondary N) is 1. The number of carbonyl (C=O) groups is 2. The topological polar surface area (TPSA) is 83.4 Å². The van der Waals surface area contributed by atoms with E-state index in [1.165, 1.54) is 31.9 Å². The Morgan fingerprint density at radius 3 is 3.00 bits per heavy atom. The van der Waals surface area contributed by atoms with Crippen LogP contribution in [0.25, 0.3) is 0 Å². The summed E-state index contributed by atoms with van der Waals surface area (Å²) < 4.78 is 4.54. The predicted molar refractivity (Wildman–Crippen MR) is 111 cm³/mol. The molecule has 0 spiro atoms. The first-order chi connectivity index (χ1) is 13.6. The van der Waals surface area contributed by atoms with E-state index >= 15 is 0 Å². The van der Waals surface area contributed by atoms with E-state index in [-0.39, 0.29) is 10.8 Å². The summed E-state index contributed by atoms with van der Waals surface area (Å²) in [7, 11) is 1.26. The van der Waals surface area contributed by atoms with Crippen LogP contribution in [0.2, 0.25) is 0 Å². The molecule has 28 heavy (non-hydrogen) atoms. The normalized spacial score (nSPS) is 23.5. The zero-order chi connectivity index (χ0) is 19.9. The summed E-state index contributed by atoms with van der Waals surface area (Å²) in [5.41, 5.74) is 2.21. The highest BCUT2D eigenvalue weighted by Crippen LogP contribution is 2.23. The lowest BCUT2D eigenvalue weighted by molar-refractivity contribution is -0.135. The number of likely N-dealkylation sites (tertiary alicyclic amines) is 1. The Labute approximate surface area is 168 Å². The highest BCUT2D eigenvalue weighted by atomic mass is 32.2. The summed E-state index contributed by atoms with van der Waals surface area (Å²) in [6, 6.07) is 8.71. The molecular formula is C20H24N4O3S. The molecule has 1 aromatic rings. The number of hydrogen-bond donors (Lipinski definition) is 1. The molecule has 2 aliphatic heterocycles. The number of nitrogens with zero attached hydrogens (tertiary/aromatic N) is 3. The molecule has 2 heterocycles. The zero-order valence-electron chi connectivity index (χ0n) is 16.1. The lowest BCUT2D eigenvalue weighted by Gasteiger charge is -2.33. The summed E-state index contributed by atoms with van der Waals surface area (Å²) in [5.74, 6) is -0.966. The van der Waals surface area contributed by atoms with Crippen molar-refractivity contribution in [2.24, 2.45) is 10.2 Å². The van der Waals surface area contributed by atoms with Crippen molar-refractivity contribution >= 4 is 35.0 Å². The Morgan fingerprint density at radius 2 is 2.21 bits per heavy atom. The van der Waals surface area contributed by atoms with Crippen LogP contribution in [0, 0.1) is 0 Å². The van der Waals surface area contributed by atoms with Gasteiger partial charge in [0.05, 0.1) is 18.2 Å². The van der Waals surface area contributed by atoms with Crippen molar-refractivity contribution < 1.29 is 14.3 Å². The molecule has 148 valence electrons. The van der Waals surface area contributed by atoms with Gasteiger partial charge in [0.15, 0.2) is 5.17 Å². The first-order valence-corrected chi connectivity index (χ1v) is 10.1. The average Bonchev–Trinajstić information content (AvgIpc) is 3.04. The van der Waals surface area contributed by atoms with E-state index in [0.29, 0.717) is 11.2 Å². The third kappa shape index (κ3) is 5.30. The molecule has 8 heteroatoms. The quantitative estimate of drug-likeness (QED) is 0.356. The van der Waals surface area contributed by atoms with Crippen molar-refractivity contribution in [3.05, 3.63) is 46.4 Å². The molecule has 1 unspecified atom stereocenters.